The highest BCUT2D eigenvalue weighted by molar-refractivity contribution is 5.94. The molecule has 10 heteroatoms. The van der Waals surface area contributed by atoms with Gasteiger partial charge in [-0.1, -0.05) is 31.4 Å². The first kappa shape index (κ1) is 20.5. The molecule has 0 spiro atoms. The second-order valence-electron chi connectivity index (χ2n) is 8.64. The Morgan fingerprint density at radius 3 is 2.71 bits per heavy atom. The predicted molar refractivity (Wildman–Crippen MR) is 126 cm³/mol. The molecule has 0 amide bonds. The largest absolute Gasteiger partial charge is 0.496 e. The van der Waals surface area contributed by atoms with Crippen LogP contribution in [0.4, 0.5) is 0 Å². The Morgan fingerprint density at radius 1 is 1.06 bits per heavy atom. The summed E-state index contributed by atoms with van der Waals surface area (Å²) in [4.78, 5) is 27.6. The fourth-order valence-corrected chi connectivity index (χ4v) is 4.86. The van der Waals surface area contributed by atoms with Crippen LogP contribution in [0.2, 0.25) is 0 Å². The van der Waals surface area contributed by atoms with Gasteiger partial charge in [0.1, 0.15) is 17.4 Å². The van der Waals surface area contributed by atoms with E-state index in [1.807, 2.05) is 24.3 Å². The predicted octanol–water partition coefficient (Wildman–Crippen LogP) is 3.58. The SMILES string of the molecule is COc1ccccc1-c1c2c(=O)n(-c3n[nH]c(C4CCCCC4)n3)ccc2nc2nc(C)nn12. The van der Waals surface area contributed by atoms with Crippen molar-refractivity contribution in [2.45, 2.75) is 44.9 Å². The molecule has 10 nitrogen and oxygen atoms in total. The molecule has 1 saturated carbocycles. The van der Waals surface area contributed by atoms with Gasteiger partial charge in [0.05, 0.1) is 23.7 Å². The summed E-state index contributed by atoms with van der Waals surface area (Å²) in [5.41, 5.74) is 1.53. The summed E-state index contributed by atoms with van der Waals surface area (Å²) >= 11 is 0. The van der Waals surface area contributed by atoms with E-state index in [1.54, 1.807) is 30.8 Å². The summed E-state index contributed by atoms with van der Waals surface area (Å²) < 4.78 is 8.67. The van der Waals surface area contributed by atoms with Crippen LogP contribution in [0.1, 0.15) is 49.7 Å². The van der Waals surface area contributed by atoms with Crippen LogP contribution in [0.25, 0.3) is 33.9 Å². The van der Waals surface area contributed by atoms with Gasteiger partial charge in [-0.15, -0.1) is 10.2 Å². The summed E-state index contributed by atoms with van der Waals surface area (Å²) in [6, 6.07) is 9.32. The second kappa shape index (κ2) is 8.05. The summed E-state index contributed by atoms with van der Waals surface area (Å²) in [6.45, 7) is 1.80. The molecule has 0 bridgehead atoms. The van der Waals surface area contributed by atoms with Crippen LogP contribution in [-0.4, -0.2) is 46.4 Å². The summed E-state index contributed by atoms with van der Waals surface area (Å²) in [6.07, 6.45) is 7.49. The van der Waals surface area contributed by atoms with Crippen molar-refractivity contribution in [2.24, 2.45) is 0 Å². The minimum Gasteiger partial charge on any atom is -0.496 e. The van der Waals surface area contributed by atoms with Crippen molar-refractivity contribution in [3.8, 4) is 23.0 Å². The number of H-pyrrole nitrogens is 1. The molecular formula is C24H24N8O2. The number of nitrogens with one attached hydrogen (secondary N) is 1. The molecule has 0 radical (unpaired) electrons. The summed E-state index contributed by atoms with van der Waals surface area (Å²) in [5, 5.41) is 12.4. The van der Waals surface area contributed by atoms with E-state index in [-0.39, 0.29) is 5.56 Å². The first-order chi connectivity index (χ1) is 16.6. The van der Waals surface area contributed by atoms with Crippen LogP contribution >= 0.6 is 0 Å². The third-order valence-electron chi connectivity index (χ3n) is 6.50. The van der Waals surface area contributed by atoms with Gasteiger partial charge >= 0.3 is 0 Å². The number of aromatic nitrogens is 8. The molecule has 1 aliphatic rings. The number of rotatable bonds is 4. The van der Waals surface area contributed by atoms with Crippen molar-refractivity contribution in [1.82, 2.24) is 39.3 Å². The minimum absolute atomic E-state index is 0.282. The Kier molecular flexibility index (Phi) is 4.86. The maximum Gasteiger partial charge on any atom is 0.269 e. The third-order valence-corrected chi connectivity index (χ3v) is 6.50. The molecule has 34 heavy (non-hydrogen) atoms. The first-order valence-corrected chi connectivity index (χ1v) is 11.5. The van der Waals surface area contributed by atoms with Gasteiger partial charge in [-0.25, -0.2) is 9.55 Å². The van der Waals surface area contributed by atoms with Crippen molar-refractivity contribution >= 4 is 16.7 Å². The van der Waals surface area contributed by atoms with Crippen LogP contribution in [0.15, 0.2) is 41.3 Å². The quantitative estimate of drug-likeness (QED) is 0.439. The van der Waals surface area contributed by atoms with Gasteiger partial charge in [-0.2, -0.15) is 14.5 Å². The maximum atomic E-state index is 13.9. The lowest BCUT2D eigenvalue weighted by Crippen LogP contribution is -2.21. The number of pyridine rings is 1. The molecular weight excluding hydrogens is 432 g/mol. The van der Waals surface area contributed by atoms with Crippen LogP contribution < -0.4 is 10.3 Å². The number of hydrogen-bond donors (Lipinski definition) is 1. The van der Waals surface area contributed by atoms with Crippen molar-refractivity contribution < 1.29 is 4.74 Å². The van der Waals surface area contributed by atoms with E-state index < -0.39 is 0 Å². The van der Waals surface area contributed by atoms with E-state index in [0.717, 1.165) is 24.2 Å². The Bertz CT molecular complexity index is 1580. The standard InChI is InChI=1S/C24H24N8O2/c1-14-25-23-26-17-12-13-31(24-27-21(28-29-24)15-8-4-3-5-9-15)22(33)19(17)20(32(23)30-14)16-10-6-7-11-18(16)34-2/h6-7,10-13,15H,3-5,8-9H2,1-2H3,(H,27,28,29). The Labute approximate surface area is 194 Å². The van der Waals surface area contributed by atoms with Crippen molar-refractivity contribution in [3.63, 3.8) is 0 Å². The number of fused-ring (bicyclic) bond motifs is 2. The molecule has 0 unspecified atom stereocenters. The number of hydrogen-bond acceptors (Lipinski definition) is 7. The highest BCUT2D eigenvalue weighted by Gasteiger charge is 2.23. The zero-order chi connectivity index (χ0) is 23.2. The van der Waals surface area contributed by atoms with Crippen LogP contribution in [0.3, 0.4) is 0 Å². The fourth-order valence-electron chi connectivity index (χ4n) is 4.86. The fraction of sp³-hybridized carbons (Fsp3) is 0.333. The van der Waals surface area contributed by atoms with E-state index in [4.69, 9.17) is 9.72 Å². The number of aromatic amines is 1. The van der Waals surface area contributed by atoms with Crippen LogP contribution in [-0.2, 0) is 0 Å². The van der Waals surface area contributed by atoms with Gasteiger partial charge in [-0.3, -0.25) is 9.89 Å². The van der Waals surface area contributed by atoms with Crippen molar-refractivity contribution in [3.05, 3.63) is 58.5 Å². The zero-order valence-corrected chi connectivity index (χ0v) is 19.0. The van der Waals surface area contributed by atoms with Gasteiger partial charge in [0.2, 0.25) is 0 Å². The van der Waals surface area contributed by atoms with Crippen molar-refractivity contribution in [1.29, 1.82) is 0 Å². The van der Waals surface area contributed by atoms with Crippen LogP contribution in [0.5, 0.6) is 5.75 Å². The lowest BCUT2D eigenvalue weighted by atomic mass is 9.89. The maximum absolute atomic E-state index is 13.9. The van der Waals surface area contributed by atoms with Crippen LogP contribution in [0, 0.1) is 6.92 Å². The van der Waals surface area contributed by atoms with Gasteiger partial charge in [0.15, 0.2) is 0 Å². The Balaban J connectivity index is 1.60. The molecule has 5 aromatic rings. The molecule has 1 aromatic carbocycles. The van der Waals surface area contributed by atoms with E-state index in [1.165, 1.54) is 23.8 Å². The van der Waals surface area contributed by atoms with E-state index in [9.17, 15) is 4.79 Å². The van der Waals surface area contributed by atoms with Gasteiger partial charge in [0.25, 0.3) is 17.3 Å². The highest BCUT2D eigenvalue weighted by Crippen LogP contribution is 2.34. The Hall–Kier alpha value is -4.08. The number of benzene rings is 1. The number of ether oxygens (including phenoxy) is 1. The summed E-state index contributed by atoms with van der Waals surface area (Å²) in [5.74, 6) is 3.12. The third kappa shape index (κ3) is 3.25. The monoisotopic (exact) mass is 456 g/mol. The lowest BCUT2D eigenvalue weighted by molar-refractivity contribution is 0.416. The molecule has 1 N–H and O–H groups in total. The molecule has 172 valence electrons. The van der Waals surface area contributed by atoms with Crippen molar-refractivity contribution in [2.75, 3.05) is 7.11 Å². The number of nitrogens with zero attached hydrogens (tertiary/aromatic N) is 7. The van der Waals surface area contributed by atoms with E-state index in [0.29, 0.717) is 45.8 Å². The second-order valence-corrected chi connectivity index (χ2v) is 8.64. The van der Waals surface area contributed by atoms with E-state index >= 15 is 0 Å². The van der Waals surface area contributed by atoms with Gasteiger partial charge < -0.3 is 4.74 Å². The molecule has 1 aliphatic carbocycles. The van der Waals surface area contributed by atoms with E-state index in [2.05, 4.69) is 25.3 Å². The molecule has 0 saturated heterocycles. The van der Waals surface area contributed by atoms with Gasteiger partial charge in [0, 0.05) is 17.7 Å². The highest BCUT2D eigenvalue weighted by atomic mass is 16.5. The smallest absolute Gasteiger partial charge is 0.269 e. The Morgan fingerprint density at radius 2 is 1.88 bits per heavy atom. The topological polar surface area (TPSA) is 116 Å². The first-order valence-electron chi connectivity index (χ1n) is 11.5. The molecule has 6 rings (SSSR count). The molecule has 0 aliphatic heterocycles. The normalized spacial score (nSPS) is 14.8. The molecule has 0 atom stereocenters. The average molecular weight is 457 g/mol. The number of para-hydroxylation sites is 1. The average Bonchev–Trinajstić information content (AvgIpc) is 3.50. The van der Waals surface area contributed by atoms with Gasteiger partial charge in [-0.05, 0) is 38.0 Å². The number of aryl methyl sites for hydroxylation is 1. The number of methoxy groups -OCH3 is 1. The molecule has 1 fully saturated rings. The molecule has 4 aromatic heterocycles. The summed E-state index contributed by atoms with van der Waals surface area (Å²) in [7, 11) is 1.60. The minimum atomic E-state index is -0.282. The lowest BCUT2D eigenvalue weighted by Gasteiger charge is -2.18. The zero-order valence-electron chi connectivity index (χ0n) is 19.0. The molecule has 4 heterocycles.